The molecule has 0 saturated carbocycles. The minimum Gasteiger partial charge on any atom is -0.396 e. The van der Waals surface area contributed by atoms with Crippen molar-refractivity contribution in [2.75, 3.05) is 20.8 Å². The summed E-state index contributed by atoms with van der Waals surface area (Å²) >= 11 is 0. The van der Waals surface area contributed by atoms with E-state index in [1.165, 1.54) is 32.1 Å². The van der Waals surface area contributed by atoms with Gasteiger partial charge in [-0.05, 0) is 26.2 Å². The summed E-state index contributed by atoms with van der Waals surface area (Å²) in [6.07, 6.45) is 11.1. The predicted octanol–water partition coefficient (Wildman–Crippen LogP) is 3.29. The van der Waals surface area contributed by atoms with Gasteiger partial charge in [-0.3, -0.25) is 0 Å². The smallest absolute Gasteiger partial charge is 0.0854 e. The number of hydrogen-bond donors (Lipinski definition) is 2. The first-order valence-corrected chi connectivity index (χ1v) is 8.50. The molecule has 0 rings (SSSR count). The SMILES string of the molecule is COC(CCO)C(CCCCCCCCCC(C)O)OC. The van der Waals surface area contributed by atoms with Gasteiger partial charge in [-0.15, -0.1) is 0 Å². The topological polar surface area (TPSA) is 58.9 Å². The van der Waals surface area contributed by atoms with Crippen LogP contribution in [0.5, 0.6) is 0 Å². The van der Waals surface area contributed by atoms with Crippen molar-refractivity contribution in [3.8, 4) is 0 Å². The van der Waals surface area contributed by atoms with E-state index in [1.54, 1.807) is 14.2 Å². The Morgan fingerprint density at radius 1 is 0.714 bits per heavy atom. The molecule has 0 radical (unpaired) electrons. The van der Waals surface area contributed by atoms with E-state index in [0.717, 1.165) is 25.7 Å². The van der Waals surface area contributed by atoms with Crippen molar-refractivity contribution >= 4 is 0 Å². The largest absolute Gasteiger partial charge is 0.396 e. The molecule has 128 valence electrons. The van der Waals surface area contributed by atoms with Gasteiger partial charge in [0.1, 0.15) is 0 Å². The second-order valence-corrected chi connectivity index (χ2v) is 5.96. The quantitative estimate of drug-likeness (QED) is 0.456. The van der Waals surface area contributed by atoms with E-state index in [2.05, 4.69) is 0 Å². The summed E-state index contributed by atoms with van der Waals surface area (Å²) in [5, 5.41) is 18.2. The molecule has 2 N–H and O–H groups in total. The summed E-state index contributed by atoms with van der Waals surface area (Å²) in [5.74, 6) is 0. The van der Waals surface area contributed by atoms with Crippen LogP contribution >= 0.6 is 0 Å². The first-order chi connectivity index (χ1) is 10.2. The van der Waals surface area contributed by atoms with Gasteiger partial charge in [0.2, 0.25) is 0 Å². The van der Waals surface area contributed by atoms with Crippen LogP contribution in [0.3, 0.4) is 0 Å². The average Bonchev–Trinajstić information content (AvgIpc) is 2.47. The Balaban J connectivity index is 3.50. The van der Waals surface area contributed by atoms with Crippen molar-refractivity contribution in [1.82, 2.24) is 0 Å². The molecule has 4 heteroatoms. The molecule has 0 aliphatic carbocycles. The zero-order chi connectivity index (χ0) is 15.9. The highest BCUT2D eigenvalue weighted by molar-refractivity contribution is 4.70. The maximum atomic E-state index is 9.17. The van der Waals surface area contributed by atoms with Gasteiger partial charge in [0.05, 0.1) is 18.3 Å². The van der Waals surface area contributed by atoms with E-state index < -0.39 is 0 Å². The van der Waals surface area contributed by atoms with Gasteiger partial charge in [0.25, 0.3) is 0 Å². The van der Waals surface area contributed by atoms with Crippen molar-refractivity contribution in [1.29, 1.82) is 0 Å². The molecule has 3 atom stereocenters. The van der Waals surface area contributed by atoms with Crippen LogP contribution in [-0.4, -0.2) is 49.4 Å². The lowest BCUT2D eigenvalue weighted by Crippen LogP contribution is -2.30. The van der Waals surface area contributed by atoms with Gasteiger partial charge < -0.3 is 19.7 Å². The van der Waals surface area contributed by atoms with Gasteiger partial charge >= 0.3 is 0 Å². The minimum atomic E-state index is -0.149. The summed E-state index contributed by atoms with van der Waals surface area (Å²) < 4.78 is 10.9. The van der Waals surface area contributed by atoms with Crippen LogP contribution in [0.25, 0.3) is 0 Å². The zero-order valence-corrected chi connectivity index (χ0v) is 14.2. The summed E-state index contributed by atoms with van der Waals surface area (Å²) in [5.41, 5.74) is 0. The van der Waals surface area contributed by atoms with E-state index in [9.17, 15) is 0 Å². The van der Waals surface area contributed by atoms with Crippen LogP contribution in [0, 0.1) is 0 Å². The maximum Gasteiger partial charge on any atom is 0.0854 e. The molecule has 0 aliphatic heterocycles. The van der Waals surface area contributed by atoms with Crippen LogP contribution in [0.1, 0.15) is 71.1 Å². The van der Waals surface area contributed by atoms with Crippen molar-refractivity contribution in [3.63, 3.8) is 0 Å². The van der Waals surface area contributed by atoms with Crippen molar-refractivity contribution < 1.29 is 19.7 Å². The summed E-state index contributed by atoms with van der Waals surface area (Å²) in [4.78, 5) is 0. The van der Waals surface area contributed by atoms with Crippen LogP contribution in [0.4, 0.5) is 0 Å². The van der Waals surface area contributed by atoms with E-state index >= 15 is 0 Å². The summed E-state index contributed by atoms with van der Waals surface area (Å²) in [6, 6.07) is 0. The number of aliphatic hydroxyl groups excluding tert-OH is 2. The Labute approximate surface area is 130 Å². The number of rotatable bonds is 15. The molecule has 21 heavy (non-hydrogen) atoms. The van der Waals surface area contributed by atoms with Gasteiger partial charge in [-0.2, -0.15) is 0 Å². The number of unbranched alkanes of at least 4 members (excludes halogenated alkanes) is 6. The highest BCUT2D eigenvalue weighted by Crippen LogP contribution is 2.16. The van der Waals surface area contributed by atoms with Gasteiger partial charge in [-0.25, -0.2) is 0 Å². The second kappa shape index (κ2) is 14.8. The lowest BCUT2D eigenvalue weighted by molar-refractivity contribution is -0.0497. The molecule has 0 amide bonds. The van der Waals surface area contributed by atoms with Crippen LogP contribution < -0.4 is 0 Å². The molecule has 0 spiro atoms. The van der Waals surface area contributed by atoms with Crippen molar-refractivity contribution in [2.45, 2.75) is 89.4 Å². The number of hydrogen-bond acceptors (Lipinski definition) is 4. The van der Waals surface area contributed by atoms with Crippen LogP contribution in [0.2, 0.25) is 0 Å². The Morgan fingerprint density at radius 3 is 1.57 bits per heavy atom. The standard InChI is InChI=1S/C17H36O4/c1-15(19)11-9-7-5-4-6-8-10-12-16(20-2)17(21-3)13-14-18/h15-19H,4-14H2,1-3H3. The Hall–Kier alpha value is -0.160. The lowest BCUT2D eigenvalue weighted by Gasteiger charge is -2.24. The fourth-order valence-electron chi connectivity index (χ4n) is 2.71. The molecule has 0 aromatic rings. The second-order valence-electron chi connectivity index (χ2n) is 5.96. The zero-order valence-electron chi connectivity index (χ0n) is 14.2. The molecule has 0 saturated heterocycles. The van der Waals surface area contributed by atoms with E-state index in [-0.39, 0.29) is 24.9 Å². The molecule has 0 fully saturated rings. The molecule has 0 aromatic carbocycles. The maximum absolute atomic E-state index is 9.17. The van der Waals surface area contributed by atoms with E-state index in [0.29, 0.717) is 6.42 Å². The Bertz CT molecular complexity index is 209. The Morgan fingerprint density at radius 2 is 1.14 bits per heavy atom. The molecule has 0 bridgehead atoms. The first-order valence-electron chi connectivity index (χ1n) is 8.50. The lowest BCUT2D eigenvalue weighted by atomic mass is 10.0. The third-order valence-electron chi connectivity index (χ3n) is 4.04. The molecule has 0 heterocycles. The monoisotopic (exact) mass is 304 g/mol. The van der Waals surface area contributed by atoms with Crippen LogP contribution in [0.15, 0.2) is 0 Å². The third-order valence-corrected chi connectivity index (χ3v) is 4.04. The normalized spacial score (nSPS) is 15.9. The fraction of sp³-hybridized carbons (Fsp3) is 1.00. The predicted molar refractivity (Wildman–Crippen MR) is 86.5 cm³/mol. The molecule has 0 aliphatic rings. The molecule has 0 aromatic heterocycles. The Kier molecular flexibility index (Phi) is 14.7. The third kappa shape index (κ3) is 12.1. The molecule has 4 nitrogen and oxygen atoms in total. The van der Waals surface area contributed by atoms with Gasteiger partial charge in [0, 0.05) is 20.8 Å². The highest BCUT2D eigenvalue weighted by atomic mass is 16.5. The highest BCUT2D eigenvalue weighted by Gasteiger charge is 2.19. The molecular formula is C17H36O4. The fourth-order valence-corrected chi connectivity index (χ4v) is 2.71. The number of aliphatic hydroxyl groups is 2. The van der Waals surface area contributed by atoms with Crippen molar-refractivity contribution in [2.24, 2.45) is 0 Å². The van der Waals surface area contributed by atoms with E-state index in [4.69, 9.17) is 19.7 Å². The first kappa shape index (κ1) is 20.8. The summed E-state index contributed by atoms with van der Waals surface area (Å²) in [7, 11) is 3.40. The van der Waals surface area contributed by atoms with E-state index in [1.807, 2.05) is 6.92 Å². The van der Waals surface area contributed by atoms with Crippen molar-refractivity contribution in [3.05, 3.63) is 0 Å². The minimum absolute atomic E-state index is 0.000436. The number of ether oxygens (including phenoxy) is 2. The van der Waals surface area contributed by atoms with Gasteiger partial charge in [0.15, 0.2) is 0 Å². The molecular weight excluding hydrogens is 268 g/mol. The van der Waals surface area contributed by atoms with Crippen LogP contribution in [-0.2, 0) is 9.47 Å². The molecule has 3 unspecified atom stereocenters. The van der Waals surface area contributed by atoms with Gasteiger partial charge in [-0.1, -0.05) is 44.9 Å². The summed E-state index contributed by atoms with van der Waals surface area (Å²) in [6.45, 7) is 2.00. The number of methoxy groups -OCH3 is 2. The average molecular weight is 304 g/mol.